The summed E-state index contributed by atoms with van der Waals surface area (Å²) < 4.78 is 0. The third-order valence-corrected chi connectivity index (χ3v) is 3.74. The van der Waals surface area contributed by atoms with Gasteiger partial charge in [-0.3, -0.25) is 0 Å². The van der Waals surface area contributed by atoms with Crippen LogP contribution in [0.15, 0.2) is 54.6 Å². The van der Waals surface area contributed by atoms with Crippen molar-refractivity contribution in [3.05, 3.63) is 71.0 Å². The maximum absolute atomic E-state index is 12.0. The normalized spacial score (nSPS) is 10.3. The van der Waals surface area contributed by atoms with Gasteiger partial charge >= 0.3 is 6.03 Å². The van der Waals surface area contributed by atoms with Crippen LogP contribution in [0.4, 0.5) is 27.8 Å². The molecule has 7 heteroatoms. The number of rotatable bonds is 4. The Bertz CT molecular complexity index is 890. The molecule has 0 bridgehead atoms. The minimum absolute atomic E-state index is 0.328. The molecule has 3 rings (SSSR count). The Morgan fingerprint density at radius 3 is 1.81 bits per heavy atom. The van der Waals surface area contributed by atoms with Crippen LogP contribution in [0.1, 0.15) is 11.4 Å². The van der Waals surface area contributed by atoms with Crippen LogP contribution in [-0.2, 0) is 0 Å². The van der Waals surface area contributed by atoms with Crippen LogP contribution in [0.3, 0.4) is 0 Å². The van der Waals surface area contributed by atoms with E-state index < -0.39 is 0 Å². The maximum atomic E-state index is 12.0. The van der Waals surface area contributed by atoms with Crippen LogP contribution < -0.4 is 16.0 Å². The zero-order valence-corrected chi connectivity index (χ0v) is 15.1. The van der Waals surface area contributed by atoms with Crippen LogP contribution in [0.2, 0.25) is 5.02 Å². The predicted molar refractivity (Wildman–Crippen MR) is 105 cm³/mol. The van der Waals surface area contributed by atoms with Gasteiger partial charge in [0.25, 0.3) is 0 Å². The number of carbonyl (C=O) groups is 1. The van der Waals surface area contributed by atoms with Gasteiger partial charge in [-0.1, -0.05) is 11.6 Å². The molecule has 0 saturated heterocycles. The Hall–Kier alpha value is -3.12. The van der Waals surface area contributed by atoms with Crippen LogP contribution >= 0.6 is 11.6 Å². The molecular weight excluding hydrogens is 350 g/mol. The summed E-state index contributed by atoms with van der Waals surface area (Å²) in [4.78, 5) is 20.7. The molecule has 6 nitrogen and oxygen atoms in total. The molecule has 0 aliphatic rings. The van der Waals surface area contributed by atoms with Gasteiger partial charge in [0.2, 0.25) is 5.95 Å². The lowest BCUT2D eigenvalue weighted by Gasteiger charge is -2.10. The molecule has 1 aromatic heterocycles. The number of halogens is 1. The molecule has 26 heavy (non-hydrogen) atoms. The summed E-state index contributed by atoms with van der Waals surface area (Å²) in [6.07, 6.45) is 0. The van der Waals surface area contributed by atoms with Crippen LogP contribution in [0, 0.1) is 13.8 Å². The Labute approximate surface area is 156 Å². The first-order valence-corrected chi connectivity index (χ1v) is 8.39. The smallest absolute Gasteiger partial charge is 0.323 e. The Balaban J connectivity index is 1.60. The number of nitrogens with one attached hydrogen (secondary N) is 3. The first-order valence-electron chi connectivity index (χ1n) is 8.01. The van der Waals surface area contributed by atoms with Gasteiger partial charge in [-0.05, 0) is 68.4 Å². The molecule has 132 valence electrons. The minimum Gasteiger partial charge on any atom is -0.324 e. The second-order valence-electron chi connectivity index (χ2n) is 5.76. The number of hydrogen-bond acceptors (Lipinski definition) is 4. The van der Waals surface area contributed by atoms with Crippen molar-refractivity contribution in [3.63, 3.8) is 0 Å². The molecule has 0 atom stereocenters. The minimum atomic E-state index is -0.328. The van der Waals surface area contributed by atoms with E-state index in [-0.39, 0.29) is 6.03 Å². The second kappa shape index (κ2) is 7.84. The molecule has 0 aliphatic heterocycles. The highest BCUT2D eigenvalue weighted by Gasteiger charge is 2.04. The van der Waals surface area contributed by atoms with E-state index in [9.17, 15) is 4.79 Å². The Morgan fingerprint density at radius 1 is 0.808 bits per heavy atom. The summed E-state index contributed by atoms with van der Waals surface area (Å²) in [5.41, 5.74) is 3.97. The number of benzene rings is 2. The van der Waals surface area contributed by atoms with E-state index in [1.807, 2.05) is 32.0 Å². The summed E-state index contributed by atoms with van der Waals surface area (Å²) >= 11 is 5.82. The van der Waals surface area contributed by atoms with Crippen molar-refractivity contribution in [1.29, 1.82) is 0 Å². The zero-order chi connectivity index (χ0) is 18.5. The van der Waals surface area contributed by atoms with E-state index in [1.54, 1.807) is 36.4 Å². The van der Waals surface area contributed by atoms with Crippen LogP contribution in [0.5, 0.6) is 0 Å². The number of carbonyl (C=O) groups excluding carboxylic acids is 1. The van der Waals surface area contributed by atoms with Gasteiger partial charge in [0.1, 0.15) is 0 Å². The number of urea groups is 1. The van der Waals surface area contributed by atoms with Crippen molar-refractivity contribution in [3.8, 4) is 0 Å². The number of amides is 2. The fraction of sp³-hybridized carbons (Fsp3) is 0.105. The standard InChI is InChI=1S/C19H18ClN5O/c1-12-11-13(2)22-18(21-12)23-15-7-9-17(10-8-15)25-19(26)24-16-5-3-14(20)4-6-16/h3-11H,1-2H3,(H,21,22,23)(H2,24,25,26). The van der Waals surface area contributed by atoms with Crippen molar-refractivity contribution < 1.29 is 4.79 Å². The highest BCUT2D eigenvalue weighted by atomic mass is 35.5. The molecule has 0 aliphatic carbocycles. The summed E-state index contributed by atoms with van der Waals surface area (Å²) in [5.74, 6) is 0.545. The van der Waals surface area contributed by atoms with Gasteiger partial charge < -0.3 is 16.0 Å². The number of aromatic nitrogens is 2. The lowest BCUT2D eigenvalue weighted by Crippen LogP contribution is -2.19. The summed E-state index contributed by atoms with van der Waals surface area (Å²) in [5, 5.41) is 9.28. The van der Waals surface area contributed by atoms with Gasteiger partial charge in [-0.25, -0.2) is 14.8 Å². The quantitative estimate of drug-likeness (QED) is 0.597. The van der Waals surface area contributed by atoms with Gasteiger partial charge in [-0.15, -0.1) is 0 Å². The van der Waals surface area contributed by atoms with E-state index >= 15 is 0 Å². The molecule has 2 aromatic carbocycles. The fourth-order valence-electron chi connectivity index (χ4n) is 2.37. The zero-order valence-electron chi connectivity index (χ0n) is 14.4. The number of anilines is 4. The fourth-order valence-corrected chi connectivity index (χ4v) is 2.50. The lowest BCUT2D eigenvalue weighted by molar-refractivity contribution is 0.262. The van der Waals surface area contributed by atoms with Crippen molar-refractivity contribution in [2.24, 2.45) is 0 Å². The van der Waals surface area contributed by atoms with Gasteiger partial charge in [-0.2, -0.15) is 0 Å². The average Bonchev–Trinajstić information content (AvgIpc) is 2.58. The van der Waals surface area contributed by atoms with Gasteiger partial charge in [0.15, 0.2) is 0 Å². The third kappa shape index (κ3) is 4.94. The summed E-state index contributed by atoms with van der Waals surface area (Å²) in [6.45, 7) is 3.85. The van der Waals surface area contributed by atoms with E-state index in [0.717, 1.165) is 17.1 Å². The third-order valence-electron chi connectivity index (χ3n) is 3.48. The highest BCUT2D eigenvalue weighted by Crippen LogP contribution is 2.18. The second-order valence-corrected chi connectivity index (χ2v) is 6.20. The summed E-state index contributed by atoms with van der Waals surface area (Å²) in [7, 11) is 0. The first kappa shape index (κ1) is 17.7. The number of hydrogen-bond donors (Lipinski definition) is 3. The van der Waals surface area contributed by atoms with E-state index in [2.05, 4.69) is 25.9 Å². The van der Waals surface area contributed by atoms with Crippen LogP contribution in [-0.4, -0.2) is 16.0 Å². The largest absolute Gasteiger partial charge is 0.324 e. The molecule has 0 radical (unpaired) electrons. The van der Waals surface area contributed by atoms with Gasteiger partial charge in [0, 0.05) is 33.5 Å². The van der Waals surface area contributed by atoms with Crippen molar-refractivity contribution in [2.75, 3.05) is 16.0 Å². The van der Waals surface area contributed by atoms with Crippen LogP contribution in [0.25, 0.3) is 0 Å². The molecule has 2 amide bonds. The van der Waals surface area contributed by atoms with E-state index in [0.29, 0.717) is 22.3 Å². The molecule has 0 fully saturated rings. The molecule has 3 aromatic rings. The molecule has 0 saturated carbocycles. The van der Waals surface area contributed by atoms with Gasteiger partial charge in [0.05, 0.1) is 0 Å². The molecule has 3 N–H and O–H groups in total. The molecule has 1 heterocycles. The number of aryl methyl sites for hydroxylation is 2. The lowest BCUT2D eigenvalue weighted by atomic mass is 10.3. The molecule has 0 unspecified atom stereocenters. The van der Waals surface area contributed by atoms with E-state index in [1.165, 1.54) is 0 Å². The maximum Gasteiger partial charge on any atom is 0.323 e. The molecule has 0 spiro atoms. The van der Waals surface area contributed by atoms with Crippen molar-refractivity contribution in [1.82, 2.24) is 9.97 Å². The summed E-state index contributed by atoms with van der Waals surface area (Å²) in [6, 6.07) is 15.8. The van der Waals surface area contributed by atoms with Crippen molar-refractivity contribution in [2.45, 2.75) is 13.8 Å². The Morgan fingerprint density at radius 2 is 1.27 bits per heavy atom. The monoisotopic (exact) mass is 367 g/mol. The van der Waals surface area contributed by atoms with Crippen molar-refractivity contribution >= 4 is 40.6 Å². The topological polar surface area (TPSA) is 78.9 Å². The first-order chi connectivity index (χ1) is 12.5. The SMILES string of the molecule is Cc1cc(C)nc(Nc2ccc(NC(=O)Nc3ccc(Cl)cc3)cc2)n1. The Kier molecular flexibility index (Phi) is 5.34. The van der Waals surface area contributed by atoms with E-state index in [4.69, 9.17) is 11.6 Å². The average molecular weight is 368 g/mol. The number of nitrogens with zero attached hydrogens (tertiary/aromatic N) is 2. The predicted octanol–water partition coefficient (Wildman–Crippen LogP) is 5.13. The molecular formula is C19H18ClN5O. The highest BCUT2D eigenvalue weighted by molar-refractivity contribution is 6.30.